The molecule has 0 radical (unpaired) electrons. The van der Waals surface area contributed by atoms with Gasteiger partial charge in [-0.2, -0.15) is 5.10 Å². The highest BCUT2D eigenvalue weighted by Crippen LogP contribution is 2.29. The summed E-state index contributed by atoms with van der Waals surface area (Å²) in [5, 5.41) is 27.4. The SMILES string of the molecule is Oc1cccc(C=Nn2c(-c3cc4ccccc4o3)csc2=Nc2ccccc2)c1O. The molecule has 0 aliphatic carbocycles. The number of phenolic OH excluding ortho intramolecular Hbond substituents is 2. The van der Waals surface area contributed by atoms with Crippen LogP contribution >= 0.6 is 11.3 Å². The van der Waals surface area contributed by atoms with Gasteiger partial charge < -0.3 is 14.6 Å². The Morgan fingerprint density at radius 3 is 2.55 bits per heavy atom. The molecular formula is C24H17N3O3S. The number of fused-ring (bicyclic) bond motifs is 1. The molecule has 0 aliphatic heterocycles. The van der Waals surface area contributed by atoms with E-state index >= 15 is 0 Å². The Morgan fingerprint density at radius 1 is 0.903 bits per heavy atom. The Bertz CT molecular complexity index is 1430. The third kappa shape index (κ3) is 3.74. The van der Waals surface area contributed by atoms with Gasteiger partial charge in [0.1, 0.15) is 11.3 Å². The van der Waals surface area contributed by atoms with Crippen LogP contribution in [0, 0.1) is 0 Å². The molecule has 2 N–H and O–H groups in total. The number of aromatic nitrogens is 1. The highest BCUT2D eigenvalue weighted by Gasteiger charge is 2.13. The van der Waals surface area contributed by atoms with Crippen LogP contribution in [0.25, 0.3) is 22.4 Å². The fraction of sp³-hybridized carbons (Fsp3) is 0. The molecule has 0 aliphatic rings. The third-order valence-electron chi connectivity index (χ3n) is 4.70. The summed E-state index contributed by atoms with van der Waals surface area (Å²) in [4.78, 5) is 5.34. The summed E-state index contributed by atoms with van der Waals surface area (Å²) < 4.78 is 7.70. The van der Waals surface area contributed by atoms with Crippen molar-refractivity contribution in [3.05, 3.63) is 94.6 Å². The predicted molar refractivity (Wildman–Crippen MR) is 122 cm³/mol. The number of benzene rings is 3. The van der Waals surface area contributed by atoms with Crippen molar-refractivity contribution in [2.45, 2.75) is 0 Å². The van der Waals surface area contributed by atoms with E-state index in [-0.39, 0.29) is 11.5 Å². The summed E-state index contributed by atoms with van der Waals surface area (Å²) in [5.41, 5.74) is 2.70. The maximum absolute atomic E-state index is 10.1. The first-order valence-electron chi connectivity index (χ1n) is 9.53. The molecule has 5 aromatic rings. The van der Waals surface area contributed by atoms with Crippen LogP contribution in [0.4, 0.5) is 5.69 Å². The lowest BCUT2D eigenvalue weighted by Crippen LogP contribution is -2.11. The molecule has 0 spiro atoms. The van der Waals surface area contributed by atoms with E-state index in [1.54, 1.807) is 16.8 Å². The lowest BCUT2D eigenvalue weighted by atomic mass is 10.2. The minimum absolute atomic E-state index is 0.203. The monoisotopic (exact) mass is 427 g/mol. The Morgan fingerprint density at radius 2 is 1.71 bits per heavy atom. The van der Waals surface area contributed by atoms with E-state index in [1.165, 1.54) is 23.6 Å². The van der Waals surface area contributed by atoms with Crippen LogP contribution in [-0.2, 0) is 0 Å². The lowest BCUT2D eigenvalue weighted by Gasteiger charge is -2.03. The van der Waals surface area contributed by atoms with Crippen LogP contribution in [0.5, 0.6) is 11.5 Å². The van der Waals surface area contributed by atoms with Crippen molar-refractivity contribution in [2.75, 3.05) is 0 Å². The zero-order valence-electron chi connectivity index (χ0n) is 16.2. The lowest BCUT2D eigenvalue weighted by molar-refractivity contribution is 0.403. The van der Waals surface area contributed by atoms with E-state index in [1.807, 2.05) is 66.0 Å². The van der Waals surface area contributed by atoms with E-state index < -0.39 is 0 Å². The molecule has 2 heterocycles. The molecular weight excluding hydrogens is 410 g/mol. The summed E-state index contributed by atoms with van der Waals surface area (Å²) in [7, 11) is 0. The summed E-state index contributed by atoms with van der Waals surface area (Å²) in [6, 6.07) is 24.1. The number of aromatic hydroxyl groups is 2. The molecule has 0 atom stereocenters. The Kier molecular flexibility index (Phi) is 4.86. The molecule has 0 saturated heterocycles. The molecule has 2 aromatic heterocycles. The van der Waals surface area contributed by atoms with Gasteiger partial charge in [0.05, 0.1) is 11.9 Å². The predicted octanol–water partition coefficient (Wildman–Crippen LogP) is 5.49. The first kappa shape index (κ1) is 18.9. The van der Waals surface area contributed by atoms with Crippen molar-refractivity contribution in [1.82, 2.24) is 4.68 Å². The fourth-order valence-corrected chi connectivity index (χ4v) is 3.99. The second-order valence-electron chi connectivity index (χ2n) is 6.77. The molecule has 0 amide bonds. The zero-order valence-corrected chi connectivity index (χ0v) is 17.0. The maximum atomic E-state index is 10.1. The van der Waals surface area contributed by atoms with Crippen LogP contribution < -0.4 is 4.80 Å². The first-order chi connectivity index (χ1) is 15.2. The largest absolute Gasteiger partial charge is 0.504 e. The highest BCUT2D eigenvalue weighted by molar-refractivity contribution is 7.07. The van der Waals surface area contributed by atoms with E-state index in [0.29, 0.717) is 16.1 Å². The highest BCUT2D eigenvalue weighted by atomic mass is 32.1. The average molecular weight is 427 g/mol. The summed E-state index contributed by atoms with van der Waals surface area (Å²) in [6.45, 7) is 0. The van der Waals surface area contributed by atoms with Crippen molar-refractivity contribution < 1.29 is 14.6 Å². The Hall–Kier alpha value is -4.10. The van der Waals surface area contributed by atoms with E-state index in [0.717, 1.165) is 22.4 Å². The van der Waals surface area contributed by atoms with Crippen LogP contribution in [-0.4, -0.2) is 21.1 Å². The van der Waals surface area contributed by atoms with Gasteiger partial charge in [0.15, 0.2) is 17.3 Å². The maximum Gasteiger partial charge on any atom is 0.211 e. The van der Waals surface area contributed by atoms with Gasteiger partial charge in [-0.1, -0.05) is 42.5 Å². The standard InChI is InChI=1S/C24H17N3O3S/c28-20-11-6-8-17(23(20)29)14-25-27-19(22-13-16-7-4-5-12-21(16)30-22)15-31-24(27)26-18-9-2-1-3-10-18/h1-15,28-29H. The van der Waals surface area contributed by atoms with Gasteiger partial charge in [-0.15, -0.1) is 11.3 Å². The first-order valence-corrected chi connectivity index (χ1v) is 10.4. The van der Waals surface area contributed by atoms with Gasteiger partial charge in [0, 0.05) is 16.3 Å². The van der Waals surface area contributed by atoms with Crippen molar-refractivity contribution in [1.29, 1.82) is 0 Å². The smallest absolute Gasteiger partial charge is 0.211 e. The Balaban J connectivity index is 1.67. The third-order valence-corrected chi connectivity index (χ3v) is 5.52. The molecule has 7 heteroatoms. The van der Waals surface area contributed by atoms with E-state index in [9.17, 15) is 10.2 Å². The number of phenols is 2. The molecule has 0 unspecified atom stereocenters. The second kappa shape index (κ2) is 7.97. The van der Waals surface area contributed by atoms with Gasteiger partial charge in [-0.05, 0) is 36.4 Å². The molecule has 152 valence electrons. The van der Waals surface area contributed by atoms with Crippen molar-refractivity contribution in [2.24, 2.45) is 10.1 Å². The van der Waals surface area contributed by atoms with Gasteiger partial charge in [0.25, 0.3) is 0 Å². The van der Waals surface area contributed by atoms with Gasteiger partial charge in [-0.3, -0.25) is 0 Å². The van der Waals surface area contributed by atoms with Gasteiger partial charge in [-0.25, -0.2) is 9.67 Å². The van der Waals surface area contributed by atoms with Gasteiger partial charge >= 0.3 is 0 Å². The Labute approximate surface area is 181 Å². The molecule has 0 saturated carbocycles. The summed E-state index contributed by atoms with van der Waals surface area (Å²) >= 11 is 1.43. The number of nitrogens with zero attached hydrogens (tertiary/aromatic N) is 3. The fourth-order valence-electron chi connectivity index (χ4n) is 3.15. The number of thiazole rings is 1. The molecule has 5 rings (SSSR count). The molecule has 0 bridgehead atoms. The van der Waals surface area contributed by atoms with E-state index in [4.69, 9.17) is 9.41 Å². The van der Waals surface area contributed by atoms with Crippen LogP contribution in [0.2, 0.25) is 0 Å². The minimum Gasteiger partial charge on any atom is -0.504 e. The minimum atomic E-state index is -0.228. The van der Waals surface area contributed by atoms with Gasteiger partial charge in [0.2, 0.25) is 4.80 Å². The van der Waals surface area contributed by atoms with E-state index in [2.05, 4.69) is 5.10 Å². The summed E-state index contributed by atoms with van der Waals surface area (Å²) in [6.07, 6.45) is 1.48. The average Bonchev–Trinajstić information content (AvgIpc) is 3.39. The normalized spacial score (nSPS) is 12.2. The van der Waals surface area contributed by atoms with Crippen LogP contribution in [0.1, 0.15) is 5.56 Å². The quantitative estimate of drug-likeness (QED) is 0.294. The molecule has 0 fully saturated rings. The van der Waals surface area contributed by atoms with Crippen molar-refractivity contribution in [3.8, 4) is 23.0 Å². The molecule has 31 heavy (non-hydrogen) atoms. The molecule has 6 nitrogen and oxygen atoms in total. The van der Waals surface area contributed by atoms with Crippen LogP contribution in [0.15, 0.2) is 98.8 Å². The number of rotatable bonds is 4. The second-order valence-corrected chi connectivity index (χ2v) is 7.61. The zero-order chi connectivity index (χ0) is 21.2. The van der Waals surface area contributed by atoms with Crippen LogP contribution in [0.3, 0.4) is 0 Å². The number of furan rings is 1. The van der Waals surface area contributed by atoms with Crippen molar-refractivity contribution >= 4 is 34.2 Å². The number of para-hydroxylation sites is 3. The summed E-state index contributed by atoms with van der Waals surface area (Å²) in [5.74, 6) is 0.226. The molecule has 3 aromatic carbocycles. The topological polar surface area (TPSA) is 83.2 Å². The number of hydrogen-bond acceptors (Lipinski definition) is 6. The van der Waals surface area contributed by atoms with Crippen molar-refractivity contribution in [3.63, 3.8) is 0 Å². The number of hydrogen-bond donors (Lipinski definition) is 2.